The minimum absolute atomic E-state index is 0.0630. The molecule has 0 saturated carbocycles. The summed E-state index contributed by atoms with van der Waals surface area (Å²) >= 11 is 0. The van der Waals surface area contributed by atoms with Gasteiger partial charge in [0.2, 0.25) is 0 Å². The molecule has 3 N–H and O–H groups in total. The van der Waals surface area contributed by atoms with Gasteiger partial charge in [-0.3, -0.25) is 4.79 Å². The van der Waals surface area contributed by atoms with Gasteiger partial charge in [0.25, 0.3) is 5.91 Å². The number of benzene rings is 2. The van der Waals surface area contributed by atoms with Crippen molar-refractivity contribution in [2.75, 3.05) is 51.6 Å². The summed E-state index contributed by atoms with van der Waals surface area (Å²) in [5, 5.41) is 9.02. The molecule has 1 aliphatic heterocycles. The van der Waals surface area contributed by atoms with Crippen molar-refractivity contribution in [3.63, 3.8) is 0 Å². The second kappa shape index (κ2) is 11.7. The zero-order chi connectivity index (χ0) is 24.7. The number of rotatable bonds is 4. The van der Waals surface area contributed by atoms with Gasteiger partial charge in [-0.2, -0.15) is 0 Å². The fourth-order valence-electron chi connectivity index (χ4n) is 3.73. The lowest BCUT2D eigenvalue weighted by Gasteiger charge is -2.30. The van der Waals surface area contributed by atoms with Crippen LogP contribution in [-0.4, -0.2) is 69.9 Å². The minimum atomic E-state index is -0.420. The fourth-order valence-corrected chi connectivity index (χ4v) is 3.73. The Labute approximate surface area is 200 Å². The van der Waals surface area contributed by atoms with E-state index >= 15 is 0 Å². The third-order valence-electron chi connectivity index (χ3n) is 5.81. The molecule has 3 rings (SSSR count). The Kier molecular flexibility index (Phi) is 8.72. The Morgan fingerprint density at radius 2 is 1.85 bits per heavy atom. The van der Waals surface area contributed by atoms with Gasteiger partial charge in [0.15, 0.2) is 0 Å². The van der Waals surface area contributed by atoms with Crippen molar-refractivity contribution in [3.05, 3.63) is 48.0 Å². The first-order valence-electron chi connectivity index (χ1n) is 11.3. The summed E-state index contributed by atoms with van der Waals surface area (Å²) < 4.78 is 16.9. The van der Waals surface area contributed by atoms with Crippen LogP contribution in [0.25, 0.3) is 0 Å². The van der Waals surface area contributed by atoms with E-state index in [1.165, 1.54) is 0 Å². The molecule has 2 aromatic rings. The maximum absolute atomic E-state index is 13.2. The summed E-state index contributed by atoms with van der Waals surface area (Å²) in [5.41, 5.74) is 1.53. The standard InChI is InChI=1S/C25H34N4O5/c1-16-13-26-17(2)15-34-22-12-19(9-10-21(22)24(30)29(3)14-23(16)33-5)28-25(31)27-18-7-6-8-20(11-18)32-4/h6-12,16-17,23,26H,13-15H2,1-5H3,(H2,27,28,31)/t16-,17+,23-/m0/s1. The smallest absolute Gasteiger partial charge is 0.323 e. The molecule has 0 spiro atoms. The molecule has 3 amide bonds. The minimum Gasteiger partial charge on any atom is -0.497 e. The maximum atomic E-state index is 13.2. The first kappa shape index (κ1) is 25.3. The normalized spacial score (nSPS) is 21.4. The zero-order valence-electron chi connectivity index (χ0n) is 20.4. The number of hydrogen-bond acceptors (Lipinski definition) is 6. The molecule has 0 aliphatic carbocycles. The second-order valence-corrected chi connectivity index (χ2v) is 8.58. The molecule has 184 valence electrons. The largest absolute Gasteiger partial charge is 0.497 e. The van der Waals surface area contributed by atoms with Crippen LogP contribution in [0.3, 0.4) is 0 Å². The van der Waals surface area contributed by atoms with E-state index in [4.69, 9.17) is 14.2 Å². The fraction of sp³-hybridized carbons (Fsp3) is 0.440. The molecule has 9 heteroatoms. The Balaban J connectivity index is 1.79. The SMILES string of the molecule is COc1cccc(NC(=O)Nc2ccc3c(c2)OC[C@@H](C)NC[C@H](C)[C@@H](OC)CN(C)C3=O)c1. The number of anilines is 2. The van der Waals surface area contributed by atoms with Gasteiger partial charge < -0.3 is 35.1 Å². The third-order valence-corrected chi connectivity index (χ3v) is 5.81. The van der Waals surface area contributed by atoms with Gasteiger partial charge in [-0.25, -0.2) is 4.79 Å². The van der Waals surface area contributed by atoms with Crippen molar-refractivity contribution < 1.29 is 23.8 Å². The van der Waals surface area contributed by atoms with Crippen molar-refractivity contribution in [2.45, 2.75) is 26.0 Å². The first-order chi connectivity index (χ1) is 16.3. The highest BCUT2D eigenvalue weighted by Gasteiger charge is 2.25. The number of likely N-dealkylation sites (N-methyl/N-ethyl adjacent to an activating group) is 1. The molecule has 0 bridgehead atoms. The number of carbonyl (C=O) groups is 2. The summed E-state index contributed by atoms with van der Waals surface area (Å²) in [7, 11) is 4.98. The molecule has 1 aliphatic rings. The van der Waals surface area contributed by atoms with E-state index < -0.39 is 6.03 Å². The number of nitrogens with one attached hydrogen (secondary N) is 3. The lowest BCUT2D eigenvalue weighted by Crippen LogP contribution is -2.44. The van der Waals surface area contributed by atoms with Crippen molar-refractivity contribution in [2.24, 2.45) is 5.92 Å². The molecule has 9 nitrogen and oxygen atoms in total. The Hall–Kier alpha value is -3.30. The Bertz CT molecular complexity index is 999. The lowest BCUT2D eigenvalue weighted by molar-refractivity contribution is 0.0281. The molecule has 0 aromatic heterocycles. The van der Waals surface area contributed by atoms with Crippen LogP contribution in [0.5, 0.6) is 11.5 Å². The molecule has 2 aromatic carbocycles. The van der Waals surface area contributed by atoms with Gasteiger partial charge in [-0.15, -0.1) is 0 Å². The van der Waals surface area contributed by atoms with E-state index in [0.717, 1.165) is 6.54 Å². The number of amides is 3. The molecular formula is C25H34N4O5. The van der Waals surface area contributed by atoms with E-state index in [9.17, 15) is 9.59 Å². The van der Waals surface area contributed by atoms with Crippen molar-refractivity contribution in [1.29, 1.82) is 0 Å². The van der Waals surface area contributed by atoms with E-state index in [1.54, 1.807) is 68.6 Å². The van der Waals surface area contributed by atoms with Gasteiger partial charge in [-0.05, 0) is 37.1 Å². The van der Waals surface area contributed by atoms with E-state index in [2.05, 4.69) is 22.9 Å². The van der Waals surface area contributed by atoms with Crippen LogP contribution in [0.15, 0.2) is 42.5 Å². The highest BCUT2D eigenvalue weighted by molar-refractivity contribution is 6.01. The van der Waals surface area contributed by atoms with Crippen LogP contribution in [-0.2, 0) is 4.74 Å². The number of urea groups is 1. The average molecular weight is 471 g/mol. The highest BCUT2D eigenvalue weighted by atomic mass is 16.5. The van der Waals surface area contributed by atoms with Gasteiger partial charge in [0.1, 0.15) is 18.1 Å². The van der Waals surface area contributed by atoms with Crippen LogP contribution in [0, 0.1) is 5.92 Å². The van der Waals surface area contributed by atoms with E-state index in [0.29, 0.717) is 41.6 Å². The van der Waals surface area contributed by atoms with Crippen LogP contribution in [0.4, 0.5) is 16.2 Å². The summed E-state index contributed by atoms with van der Waals surface area (Å²) in [5.74, 6) is 1.10. The summed E-state index contributed by atoms with van der Waals surface area (Å²) in [6.07, 6.45) is -0.0984. The van der Waals surface area contributed by atoms with Crippen molar-refractivity contribution in [3.8, 4) is 11.5 Å². The van der Waals surface area contributed by atoms with Gasteiger partial charge in [0, 0.05) is 56.8 Å². The van der Waals surface area contributed by atoms with Crippen LogP contribution >= 0.6 is 0 Å². The van der Waals surface area contributed by atoms with E-state index in [1.807, 2.05) is 6.92 Å². The van der Waals surface area contributed by atoms with Crippen molar-refractivity contribution >= 4 is 23.3 Å². The second-order valence-electron chi connectivity index (χ2n) is 8.58. The number of methoxy groups -OCH3 is 2. The van der Waals surface area contributed by atoms with E-state index in [-0.39, 0.29) is 24.0 Å². The number of ether oxygens (including phenoxy) is 3. The lowest BCUT2D eigenvalue weighted by atomic mass is 10.0. The Morgan fingerprint density at radius 1 is 1.12 bits per heavy atom. The first-order valence-corrected chi connectivity index (χ1v) is 11.3. The molecule has 0 fully saturated rings. The maximum Gasteiger partial charge on any atom is 0.323 e. The third kappa shape index (κ3) is 6.61. The molecule has 1 heterocycles. The van der Waals surface area contributed by atoms with Crippen LogP contribution in [0.2, 0.25) is 0 Å². The molecular weight excluding hydrogens is 436 g/mol. The van der Waals surface area contributed by atoms with Gasteiger partial charge in [0.05, 0.1) is 18.8 Å². The average Bonchev–Trinajstić information content (AvgIpc) is 2.83. The topological polar surface area (TPSA) is 101 Å². The number of fused-ring (bicyclic) bond motifs is 1. The zero-order valence-corrected chi connectivity index (χ0v) is 20.4. The summed E-state index contributed by atoms with van der Waals surface area (Å²) in [4.78, 5) is 27.4. The molecule has 0 radical (unpaired) electrons. The highest BCUT2D eigenvalue weighted by Crippen LogP contribution is 2.26. The molecule has 34 heavy (non-hydrogen) atoms. The predicted octanol–water partition coefficient (Wildman–Crippen LogP) is 3.43. The monoisotopic (exact) mass is 470 g/mol. The van der Waals surface area contributed by atoms with Gasteiger partial charge >= 0.3 is 6.03 Å². The quantitative estimate of drug-likeness (QED) is 0.633. The summed E-state index contributed by atoms with van der Waals surface area (Å²) in [6.45, 7) is 5.69. The number of carbonyl (C=O) groups excluding carboxylic acids is 2. The van der Waals surface area contributed by atoms with Gasteiger partial charge in [-0.1, -0.05) is 13.0 Å². The van der Waals surface area contributed by atoms with Crippen molar-refractivity contribution in [1.82, 2.24) is 10.2 Å². The summed E-state index contributed by atoms with van der Waals surface area (Å²) in [6, 6.07) is 11.7. The van der Waals surface area contributed by atoms with Crippen LogP contribution < -0.4 is 25.4 Å². The molecule has 0 unspecified atom stereocenters. The molecule has 3 atom stereocenters. The number of nitrogens with zero attached hydrogens (tertiary/aromatic N) is 1. The number of hydrogen-bond donors (Lipinski definition) is 3. The molecule has 0 saturated heterocycles. The van der Waals surface area contributed by atoms with Crippen LogP contribution in [0.1, 0.15) is 24.2 Å². The predicted molar refractivity (Wildman–Crippen MR) is 132 cm³/mol. The Morgan fingerprint density at radius 3 is 2.56 bits per heavy atom.